The molecule has 51 heavy (non-hydrogen) atoms. The van der Waals surface area contributed by atoms with Crippen molar-refractivity contribution in [1.29, 1.82) is 0 Å². The van der Waals surface area contributed by atoms with Crippen molar-refractivity contribution < 1.29 is 9.53 Å². The summed E-state index contributed by atoms with van der Waals surface area (Å²) in [6.07, 6.45) is 43.3. The highest BCUT2D eigenvalue weighted by Crippen LogP contribution is 2.67. The van der Waals surface area contributed by atoms with E-state index >= 15 is 0 Å². The second kappa shape index (κ2) is 21.7. The molecular formula is C49H86O2. The molecule has 0 spiro atoms. The average molecular weight is 707 g/mol. The van der Waals surface area contributed by atoms with Gasteiger partial charge in [-0.25, -0.2) is 0 Å². The lowest BCUT2D eigenvalue weighted by atomic mass is 9.47. The lowest BCUT2D eigenvalue weighted by Crippen LogP contribution is -2.51. The highest BCUT2D eigenvalue weighted by atomic mass is 16.5. The van der Waals surface area contributed by atoms with E-state index in [1.54, 1.807) is 5.57 Å². The van der Waals surface area contributed by atoms with Crippen LogP contribution in [0.5, 0.6) is 0 Å². The van der Waals surface area contributed by atoms with Crippen molar-refractivity contribution in [1.82, 2.24) is 0 Å². The predicted molar refractivity (Wildman–Crippen MR) is 221 cm³/mol. The van der Waals surface area contributed by atoms with Crippen LogP contribution in [0, 0.1) is 52.3 Å². The normalized spacial score (nSPS) is 31.6. The van der Waals surface area contributed by atoms with Crippen molar-refractivity contribution in [3.63, 3.8) is 0 Å². The summed E-state index contributed by atoms with van der Waals surface area (Å²) in [6.45, 7) is 17.2. The van der Waals surface area contributed by atoms with Gasteiger partial charge in [0.15, 0.2) is 0 Å². The minimum absolute atomic E-state index is 0.0612. The van der Waals surface area contributed by atoms with Gasteiger partial charge in [0.25, 0.3) is 0 Å². The molecule has 0 aromatic heterocycles. The molecule has 2 heteroatoms. The molecule has 0 saturated heterocycles. The van der Waals surface area contributed by atoms with Crippen LogP contribution in [0.3, 0.4) is 0 Å². The zero-order valence-electron chi connectivity index (χ0n) is 35.3. The van der Waals surface area contributed by atoms with Gasteiger partial charge in [-0.3, -0.25) is 4.79 Å². The molecule has 3 saturated carbocycles. The molecule has 4 rings (SSSR count). The third-order valence-corrected chi connectivity index (χ3v) is 15.5. The summed E-state index contributed by atoms with van der Waals surface area (Å²) < 4.78 is 6.15. The summed E-state index contributed by atoms with van der Waals surface area (Å²) in [5, 5.41) is 0. The molecule has 294 valence electrons. The van der Waals surface area contributed by atoms with Gasteiger partial charge >= 0.3 is 5.97 Å². The van der Waals surface area contributed by atoms with E-state index in [0.29, 0.717) is 29.1 Å². The van der Waals surface area contributed by atoms with Gasteiger partial charge in [0, 0.05) is 12.8 Å². The number of hydrogen-bond acceptors (Lipinski definition) is 2. The molecule has 0 aliphatic heterocycles. The van der Waals surface area contributed by atoms with Gasteiger partial charge in [0.05, 0.1) is 0 Å². The number of rotatable bonds is 24. The Hall–Kier alpha value is -1.05. The number of fused-ring (bicyclic) bond motifs is 5. The molecule has 9 unspecified atom stereocenters. The molecule has 0 N–H and O–H groups in total. The first-order chi connectivity index (χ1) is 24.6. The van der Waals surface area contributed by atoms with Gasteiger partial charge in [-0.2, -0.15) is 0 Å². The van der Waals surface area contributed by atoms with Crippen molar-refractivity contribution >= 4 is 5.97 Å². The highest BCUT2D eigenvalue weighted by molar-refractivity contribution is 5.69. The first-order valence-electron chi connectivity index (χ1n) is 23.2. The summed E-state index contributed by atoms with van der Waals surface area (Å²) in [5.41, 5.74) is 2.45. The predicted octanol–water partition coefficient (Wildman–Crippen LogP) is 15.4. The molecule has 0 radical (unpaired) electrons. The Morgan fingerprint density at radius 2 is 1.33 bits per heavy atom. The minimum Gasteiger partial charge on any atom is -0.462 e. The number of hydrogen-bond donors (Lipinski definition) is 0. The second-order valence-electron chi connectivity index (χ2n) is 19.3. The van der Waals surface area contributed by atoms with Crippen LogP contribution in [0.4, 0.5) is 0 Å². The zero-order valence-corrected chi connectivity index (χ0v) is 35.3. The van der Waals surface area contributed by atoms with Crippen molar-refractivity contribution in [2.45, 2.75) is 228 Å². The van der Waals surface area contributed by atoms with E-state index in [2.05, 4.69) is 66.7 Å². The quantitative estimate of drug-likeness (QED) is 0.0567. The molecule has 0 bridgehead atoms. The molecule has 3 fully saturated rings. The first kappa shape index (κ1) is 42.7. The second-order valence-corrected chi connectivity index (χ2v) is 19.3. The summed E-state index contributed by atoms with van der Waals surface area (Å²) in [7, 11) is 0. The van der Waals surface area contributed by atoms with Gasteiger partial charge in [-0.15, -0.1) is 0 Å². The van der Waals surface area contributed by atoms with Crippen LogP contribution in [-0.4, -0.2) is 12.1 Å². The van der Waals surface area contributed by atoms with Crippen LogP contribution < -0.4 is 0 Å². The molecule has 4 aliphatic rings. The Labute approximate surface area is 318 Å². The zero-order chi connectivity index (χ0) is 36.7. The van der Waals surface area contributed by atoms with Crippen LogP contribution in [0.1, 0.15) is 222 Å². The van der Waals surface area contributed by atoms with Gasteiger partial charge in [-0.1, -0.05) is 175 Å². The van der Waals surface area contributed by atoms with E-state index in [1.807, 2.05) is 0 Å². The average Bonchev–Trinajstić information content (AvgIpc) is 3.47. The number of carbonyl (C=O) groups is 1. The number of allylic oxidation sites excluding steroid dienone is 3. The Morgan fingerprint density at radius 1 is 0.745 bits per heavy atom. The summed E-state index contributed by atoms with van der Waals surface area (Å²) in [4.78, 5) is 12.9. The monoisotopic (exact) mass is 707 g/mol. The molecule has 9 atom stereocenters. The number of ether oxygens (including phenoxy) is 1. The fraction of sp³-hybridized carbons (Fsp3) is 0.898. The van der Waals surface area contributed by atoms with E-state index in [-0.39, 0.29) is 12.1 Å². The number of unbranched alkanes of at least 4 members (excludes halogenated alkanes) is 16. The molecule has 0 aromatic rings. The van der Waals surface area contributed by atoms with Gasteiger partial charge in [-0.05, 0) is 110 Å². The number of esters is 1. The Balaban J connectivity index is 1.09. The number of carbonyl (C=O) groups excluding carboxylic acids is 1. The maximum absolute atomic E-state index is 12.9. The maximum atomic E-state index is 12.9. The first-order valence-corrected chi connectivity index (χ1v) is 23.2. The standard InChI is InChI=1S/C49H86O2/c1-8-10-11-12-13-14-15-16-17-18-19-20-21-22-23-24-25-26-47(50)51-42-33-35-48(6)41(37-42)29-30-43-45-32-31-44(49(45,7)36-34-46(43)48)39(5)27-28-40(9-2)38(3)4/h27-29,38-40,42-46H,8-26,30-37H2,1-7H3. The van der Waals surface area contributed by atoms with Crippen LogP contribution in [0.15, 0.2) is 23.8 Å². The smallest absolute Gasteiger partial charge is 0.306 e. The van der Waals surface area contributed by atoms with E-state index in [4.69, 9.17) is 4.74 Å². The van der Waals surface area contributed by atoms with Crippen LogP contribution in [0.2, 0.25) is 0 Å². The molecule has 4 aliphatic carbocycles. The molecule has 2 nitrogen and oxygen atoms in total. The van der Waals surface area contributed by atoms with Gasteiger partial charge in [0.1, 0.15) is 6.10 Å². The van der Waals surface area contributed by atoms with E-state index in [0.717, 1.165) is 48.9 Å². The third-order valence-electron chi connectivity index (χ3n) is 15.5. The maximum Gasteiger partial charge on any atom is 0.306 e. The van der Waals surface area contributed by atoms with E-state index in [9.17, 15) is 4.79 Å². The van der Waals surface area contributed by atoms with Crippen molar-refractivity contribution in [3.8, 4) is 0 Å². The Kier molecular flexibility index (Phi) is 18.2. The Morgan fingerprint density at radius 3 is 1.90 bits per heavy atom. The third kappa shape index (κ3) is 12.0. The Bertz CT molecular complexity index is 1050. The highest BCUT2D eigenvalue weighted by Gasteiger charge is 2.59. The summed E-state index contributed by atoms with van der Waals surface area (Å²) >= 11 is 0. The largest absolute Gasteiger partial charge is 0.462 e. The van der Waals surface area contributed by atoms with Crippen LogP contribution >= 0.6 is 0 Å². The van der Waals surface area contributed by atoms with Crippen molar-refractivity contribution in [2.75, 3.05) is 0 Å². The molecule has 0 aromatic carbocycles. The molecule has 0 amide bonds. The van der Waals surface area contributed by atoms with E-state index < -0.39 is 0 Å². The van der Waals surface area contributed by atoms with Gasteiger partial charge in [0.2, 0.25) is 0 Å². The van der Waals surface area contributed by atoms with Crippen LogP contribution in [0.25, 0.3) is 0 Å². The molecule has 0 heterocycles. The van der Waals surface area contributed by atoms with E-state index in [1.165, 1.54) is 148 Å². The fourth-order valence-corrected chi connectivity index (χ4v) is 12.2. The van der Waals surface area contributed by atoms with Crippen molar-refractivity contribution in [3.05, 3.63) is 23.8 Å². The SMILES string of the molecule is CCCCCCCCCCCCCCCCCCCC(=O)OC1CCC2(C)C(=CCC3C2CCC2(C)C(C(C)C=CC(CC)C(C)C)CCC32)C1. The lowest BCUT2D eigenvalue weighted by Gasteiger charge is -2.58. The fourth-order valence-electron chi connectivity index (χ4n) is 12.2. The summed E-state index contributed by atoms with van der Waals surface area (Å²) in [5.74, 6) is 5.56. The van der Waals surface area contributed by atoms with Crippen molar-refractivity contribution in [2.24, 2.45) is 52.3 Å². The summed E-state index contributed by atoms with van der Waals surface area (Å²) in [6, 6.07) is 0. The van der Waals surface area contributed by atoms with Gasteiger partial charge < -0.3 is 4.74 Å². The minimum atomic E-state index is 0.0612. The lowest BCUT2D eigenvalue weighted by molar-refractivity contribution is -0.151. The topological polar surface area (TPSA) is 26.3 Å². The molecular weight excluding hydrogens is 621 g/mol. The van der Waals surface area contributed by atoms with Crippen LogP contribution in [-0.2, 0) is 9.53 Å².